The molecule has 1 fully saturated rings. The standard InChI is InChI=1S/C15H21NO2/c1-2-14(16-17)13-10-6-7-11-15(13)18-12-8-4-3-5-9-12/h6-7,10-12,17H,2-5,8-9H2,1H3/b16-14+. The second kappa shape index (κ2) is 6.43. The van der Waals surface area contributed by atoms with Gasteiger partial charge in [0.15, 0.2) is 0 Å². The van der Waals surface area contributed by atoms with Gasteiger partial charge in [0.25, 0.3) is 0 Å². The van der Waals surface area contributed by atoms with Crippen LogP contribution >= 0.6 is 0 Å². The Balaban J connectivity index is 2.16. The molecule has 0 amide bonds. The molecule has 0 saturated heterocycles. The number of nitrogens with zero attached hydrogens (tertiary/aromatic N) is 1. The quantitative estimate of drug-likeness (QED) is 0.496. The van der Waals surface area contributed by atoms with Crippen molar-refractivity contribution in [3.63, 3.8) is 0 Å². The van der Waals surface area contributed by atoms with E-state index in [-0.39, 0.29) is 0 Å². The van der Waals surface area contributed by atoms with Gasteiger partial charge in [-0.3, -0.25) is 0 Å². The third-order valence-electron chi connectivity index (χ3n) is 3.50. The van der Waals surface area contributed by atoms with E-state index in [1.807, 2.05) is 31.2 Å². The smallest absolute Gasteiger partial charge is 0.128 e. The molecule has 1 saturated carbocycles. The first kappa shape index (κ1) is 12.9. The van der Waals surface area contributed by atoms with Gasteiger partial charge in [-0.2, -0.15) is 0 Å². The largest absolute Gasteiger partial charge is 0.490 e. The SMILES string of the molecule is CC/C(=N\O)c1ccccc1OC1CCCCC1. The third kappa shape index (κ3) is 3.03. The molecule has 1 aromatic rings. The first-order valence-electron chi connectivity index (χ1n) is 6.82. The van der Waals surface area contributed by atoms with E-state index in [1.54, 1.807) is 0 Å². The third-order valence-corrected chi connectivity index (χ3v) is 3.50. The van der Waals surface area contributed by atoms with Crippen LogP contribution in [-0.4, -0.2) is 17.0 Å². The molecule has 0 bridgehead atoms. The van der Waals surface area contributed by atoms with Crippen LogP contribution in [0.1, 0.15) is 51.0 Å². The molecule has 2 rings (SSSR count). The Kier molecular flexibility index (Phi) is 4.62. The van der Waals surface area contributed by atoms with Crippen molar-refractivity contribution in [2.24, 2.45) is 5.16 Å². The van der Waals surface area contributed by atoms with Gasteiger partial charge in [-0.05, 0) is 44.2 Å². The lowest BCUT2D eigenvalue weighted by atomic mass is 9.97. The van der Waals surface area contributed by atoms with E-state index >= 15 is 0 Å². The van der Waals surface area contributed by atoms with Crippen LogP contribution in [0.25, 0.3) is 0 Å². The Labute approximate surface area is 108 Å². The van der Waals surface area contributed by atoms with Gasteiger partial charge in [0, 0.05) is 5.56 Å². The maximum absolute atomic E-state index is 9.04. The molecule has 0 atom stereocenters. The van der Waals surface area contributed by atoms with Gasteiger partial charge >= 0.3 is 0 Å². The minimum absolute atomic E-state index is 0.316. The molecule has 0 aromatic heterocycles. The van der Waals surface area contributed by atoms with Crippen LogP contribution in [0.4, 0.5) is 0 Å². The summed E-state index contributed by atoms with van der Waals surface area (Å²) in [4.78, 5) is 0. The van der Waals surface area contributed by atoms with E-state index in [0.29, 0.717) is 18.2 Å². The normalized spacial score (nSPS) is 17.7. The van der Waals surface area contributed by atoms with Crippen LogP contribution in [0.5, 0.6) is 5.75 Å². The highest BCUT2D eigenvalue weighted by Gasteiger charge is 2.17. The minimum atomic E-state index is 0.316. The van der Waals surface area contributed by atoms with Crippen LogP contribution in [0.15, 0.2) is 29.4 Å². The summed E-state index contributed by atoms with van der Waals surface area (Å²) in [5, 5.41) is 12.4. The Bertz CT molecular complexity index is 409. The highest BCUT2D eigenvalue weighted by Crippen LogP contribution is 2.26. The number of oxime groups is 1. The lowest BCUT2D eigenvalue weighted by Gasteiger charge is -2.24. The number of ether oxygens (including phenoxy) is 1. The molecule has 3 nitrogen and oxygen atoms in total. The zero-order valence-electron chi connectivity index (χ0n) is 10.9. The van der Waals surface area contributed by atoms with Gasteiger partial charge in [-0.25, -0.2) is 0 Å². The van der Waals surface area contributed by atoms with Crippen molar-refractivity contribution < 1.29 is 9.94 Å². The van der Waals surface area contributed by atoms with Crippen molar-refractivity contribution in [3.05, 3.63) is 29.8 Å². The first-order valence-corrected chi connectivity index (χ1v) is 6.82. The number of para-hydroxylation sites is 1. The van der Waals surface area contributed by atoms with E-state index in [2.05, 4.69) is 5.16 Å². The molecule has 98 valence electrons. The number of hydrogen-bond acceptors (Lipinski definition) is 3. The molecule has 0 unspecified atom stereocenters. The summed E-state index contributed by atoms with van der Waals surface area (Å²) in [6.45, 7) is 1.98. The molecule has 1 aromatic carbocycles. The lowest BCUT2D eigenvalue weighted by molar-refractivity contribution is 0.154. The maximum atomic E-state index is 9.04. The summed E-state index contributed by atoms with van der Waals surface area (Å²) in [6.07, 6.45) is 7.10. The average molecular weight is 247 g/mol. The van der Waals surface area contributed by atoms with Crippen molar-refractivity contribution in [3.8, 4) is 5.75 Å². The number of rotatable bonds is 4. The van der Waals surface area contributed by atoms with E-state index in [9.17, 15) is 0 Å². The minimum Gasteiger partial charge on any atom is -0.490 e. The van der Waals surface area contributed by atoms with Crippen LogP contribution in [-0.2, 0) is 0 Å². The summed E-state index contributed by atoms with van der Waals surface area (Å²) >= 11 is 0. The molecule has 1 aliphatic carbocycles. The summed E-state index contributed by atoms with van der Waals surface area (Å²) in [5.74, 6) is 0.846. The molecular formula is C15H21NO2. The topological polar surface area (TPSA) is 41.8 Å². The zero-order valence-corrected chi connectivity index (χ0v) is 10.9. The highest BCUT2D eigenvalue weighted by molar-refractivity contribution is 6.02. The van der Waals surface area contributed by atoms with Crippen LogP contribution in [0.2, 0.25) is 0 Å². The second-order valence-electron chi connectivity index (χ2n) is 4.77. The molecule has 0 spiro atoms. The fraction of sp³-hybridized carbons (Fsp3) is 0.533. The monoisotopic (exact) mass is 247 g/mol. The summed E-state index contributed by atoms with van der Waals surface area (Å²) in [5.41, 5.74) is 1.59. The molecule has 18 heavy (non-hydrogen) atoms. The molecule has 3 heteroatoms. The van der Waals surface area contributed by atoms with E-state index in [0.717, 1.165) is 24.2 Å². The molecule has 0 aliphatic heterocycles. The molecular weight excluding hydrogens is 226 g/mol. The summed E-state index contributed by atoms with van der Waals surface area (Å²) < 4.78 is 6.08. The van der Waals surface area contributed by atoms with Gasteiger partial charge in [-0.15, -0.1) is 0 Å². The van der Waals surface area contributed by atoms with Crippen molar-refractivity contribution in [2.45, 2.75) is 51.6 Å². The fourth-order valence-corrected chi connectivity index (χ4v) is 2.49. The lowest BCUT2D eigenvalue weighted by Crippen LogP contribution is -2.20. The van der Waals surface area contributed by atoms with Crippen molar-refractivity contribution in [1.29, 1.82) is 0 Å². The zero-order chi connectivity index (χ0) is 12.8. The van der Waals surface area contributed by atoms with E-state index < -0.39 is 0 Å². The van der Waals surface area contributed by atoms with Crippen molar-refractivity contribution in [2.75, 3.05) is 0 Å². The van der Waals surface area contributed by atoms with Gasteiger partial charge in [0.05, 0.1) is 11.8 Å². The number of hydrogen-bond donors (Lipinski definition) is 1. The van der Waals surface area contributed by atoms with Gasteiger partial charge in [0.2, 0.25) is 0 Å². The number of benzene rings is 1. The highest BCUT2D eigenvalue weighted by atomic mass is 16.5. The van der Waals surface area contributed by atoms with E-state index in [1.165, 1.54) is 19.3 Å². The average Bonchev–Trinajstić information content (AvgIpc) is 2.43. The van der Waals surface area contributed by atoms with Crippen LogP contribution < -0.4 is 4.74 Å². The Morgan fingerprint density at radius 2 is 2.00 bits per heavy atom. The second-order valence-corrected chi connectivity index (χ2v) is 4.77. The summed E-state index contributed by atoms with van der Waals surface area (Å²) in [6, 6.07) is 7.83. The van der Waals surface area contributed by atoms with Gasteiger partial charge < -0.3 is 9.94 Å². The summed E-state index contributed by atoms with van der Waals surface area (Å²) in [7, 11) is 0. The predicted molar refractivity (Wildman–Crippen MR) is 72.6 cm³/mol. The van der Waals surface area contributed by atoms with Crippen molar-refractivity contribution >= 4 is 5.71 Å². The maximum Gasteiger partial charge on any atom is 0.128 e. The van der Waals surface area contributed by atoms with Gasteiger partial charge in [0.1, 0.15) is 5.75 Å². The molecule has 0 radical (unpaired) electrons. The Morgan fingerprint density at radius 3 is 2.67 bits per heavy atom. The van der Waals surface area contributed by atoms with Crippen molar-refractivity contribution in [1.82, 2.24) is 0 Å². The van der Waals surface area contributed by atoms with Gasteiger partial charge in [-0.1, -0.05) is 30.6 Å². The van der Waals surface area contributed by atoms with Crippen LogP contribution in [0.3, 0.4) is 0 Å². The van der Waals surface area contributed by atoms with Crippen LogP contribution in [0, 0.1) is 0 Å². The Morgan fingerprint density at radius 1 is 1.28 bits per heavy atom. The molecule has 0 heterocycles. The molecule has 1 N–H and O–H groups in total. The fourth-order valence-electron chi connectivity index (χ4n) is 2.49. The first-order chi connectivity index (χ1) is 8.85. The Hall–Kier alpha value is -1.51. The molecule has 1 aliphatic rings. The van der Waals surface area contributed by atoms with E-state index in [4.69, 9.17) is 9.94 Å². The predicted octanol–water partition coefficient (Wildman–Crippen LogP) is 3.99.